The highest BCUT2D eigenvalue weighted by atomic mass is 16.2. The van der Waals surface area contributed by atoms with Gasteiger partial charge in [0, 0.05) is 12.1 Å². The smallest absolute Gasteiger partial charge is 0.260 e. The lowest BCUT2D eigenvalue weighted by molar-refractivity contribution is -0.124. The van der Waals surface area contributed by atoms with Crippen molar-refractivity contribution >= 4 is 17.4 Å². The van der Waals surface area contributed by atoms with Crippen molar-refractivity contribution in [1.82, 2.24) is 5.32 Å². The average molecular weight is 433 g/mol. The summed E-state index contributed by atoms with van der Waals surface area (Å²) in [4.78, 5) is 30.1. The molecule has 1 aliphatic rings. The van der Waals surface area contributed by atoms with E-state index in [1.54, 1.807) is 4.90 Å². The molecule has 0 fully saturated rings. The molecule has 1 atom stereocenters. The van der Waals surface area contributed by atoms with Crippen molar-refractivity contribution in [3.8, 4) is 0 Å². The molecule has 0 saturated heterocycles. The maximum atomic E-state index is 14.3. The van der Waals surface area contributed by atoms with Gasteiger partial charge in [-0.25, -0.2) is 0 Å². The molecule has 4 nitrogen and oxygen atoms in total. The fourth-order valence-corrected chi connectivity index (χ4v) is 4.47. The summed E-state index contributed by atoms with van der Waals surface area (Å²) < 4.78 is 0. The fraction of sp³-hybridized carbons (Fsp3) is 0.103. The van der Waals surface area contributed by atoms with E-state index in [1.807, 2.05) is 115 Å². The average Bonchev–Trinajstić information content (AvgIpc) is 2.88. The van der Waals surface area contributed by atoms with Gasteiger partial charge in [-0.15, -0.1) is 0 Å². The van der Waals surface area contributed by atoms with Crippen LogP contribution in [-0.2, 0) is 23.4 Å². The summed E-state index contributed by atoms with van der Waals surface area (Å²) in [5.74, 6) is -0.494. The van der Waals surface area contributed by atoms with Crippen molar-refractivity contribution in [1.29, 1.82) is 0 Å². The molecule has 0 aromatic heterocycles. The molecular formula is C29H24N2O2. The molecule has 5 rings (SSSR count). The minimum Gasteiger partial charge on any atom is -0.305 e. The SMILES string of the molecule is O=C1c2ccccc2N(Cc2ccccc2)C(=O)C1(NCc1ccccc1)c1ccccc1. The Kier molecular flexibility index (Phi) is 5.59. The van der Waals surface area contributed by atoms with E-state index in [2.05, 4.69) is 5.32 Å². The van der Waals surface area contributed by atoms with Crippen molar-refractivity contribution in [3.63, 3.8) is 0 Å². The molecule has 4 heteroatoms. The first-order valence-corrected chi connectivity index (χ1v) is 11.0. The van der Waals surface area contributed by atoms with E-state index in [-0.39, 0.29) is 11.7 Å². The monoisotopic (exact) mass is 432 g/mol. The van der Waals surface area contributed by atoms with Crippen LogP contribution >= 0.6 is 0 Å². The molecule has 162 valence electrons. The first kappa shape index (κ1) is 20.9. The standard InChI is InChI=1S/C29H24N2O2/c32-27-25-18-10-11-19-26(25)31(21-23-14-6-2-7-15-23)28(33)29(27,24-16-8-3-9-17-24)30-20-22-12-4-1-5-13-22/h1-19,30H,20-21H2. The molecule has 4 aromatic rings. The van der Waals surface area contributed by atoms with Crippen LogP contribution in [0.25, 0.3) is 0 Å². The Labute approximate surface area is 193 Å². The van der Waals surface area contributed by atoms with Crippen LogP contribution in [0.4, 0.5) is 5.69 Å². The number of carbonyl (C=O) groups excluding carboxylic acids is 2. The van der Waals surface area contributed by atoms with Crippen LogP contribution in [0.2, 0.25) is 0 Å². The number of Topliss-reactive ketones (excluding diaryl/α,β-unsaturated/α-hetero) is 1. The van der Waals surface area contributed by atoms with Gasteiger partial charge in [0.2, 0.25) is 0 Å². The molecule has 1 unspecified atom stereocenters. The summed E-state index contributed by atoms with van der Waals surface area (Å²) in [7, 11) is 0. The van der Waals surface area contributed by atoms with Crippen molar-refractivity contribution in [2.24, 2.45) is 0 Å². The summed E-state index contributed by atoms with van der Waals surface area (Å²) in [6.07, 6.45) is 0. The van der Waals surface area contributed by atoms with Gasteiger partial charge in [0.15, 0.2) is 11.3 Å². The minimum atomic E-state index is -1.51. The van der Waals surface area contributed by atoms with Gasteiger partial charge >= 0.3 is 0 Å². The van der Waals surface area contributed by atoms with Crippen LogP contribution in [-0.4, -0.2) is 11.7 Å². The van der Waals surface area contributed by atoms with Gasteiger partial charge < -0.3 is 4.90 Å². The normalized spacial score (nSPS) is 17.6. The van der Waals surface area contributed by atoms with Gasteiger partial charge in [-0.2, -0.15) is 0 Å². The fourth-order valence-electron chi connectivity index (χ4n) is 4.47. The largest absolute Gasteiger partial charge is 0.305 e. The predicted molar refractivity (Wildman–Crippen MR) is 130 cm³/mol. The summed E-state index contributed by atoms with van der Waals surface area (Å²) in [5.41, 5.74) is 2.31. The maximum absolute atomic E-state index is 14.3. The molecule has 0 aliphatic carbocycles. The van der Waals surface area contributed by atoms with Gasteiger partial charge in [0.1, 0.15) is 0 Å². The Hall–Kier alpha value is -4.02. The summed E-state index contributed by atoms with van der Waals surface area (Å²) in [5, 5.41) is 3.38. The summed E-state index contributed by atoms with van der Waals surface area (Å²) in [6, 6.07) is 36.4. The zero-order valence-corrected chi connectivity index (χ0v) is 18.1. The lowest BCUT2D eigenvalue weighted by Gasteiger charge is -2.42. The molecule has 33 heavy (non-hydrogen) atoms. The van der Waals surface area contributed by atoms with E-state index >= 15 is 0 Å². The third-order valence-corrected chi connectivity index (χ3v) is 6.14. The van der Waals surface area contributed by atoms with E-state index < -0.39 is 5.54 Å². The first-order chi connectivity index (χ1) is 16.2. The lowest BCUT2D eigenvalue weighted by atomic mass is 9.77. The van der Waals surface area contributed by atoms with Crippen LogP contribution in [0.3, 0.4) is 0 Å². The molecule has 0 radical (unpaired) electrons. The van der Waals surface area contributed by atoms with E-state index in [1.165, 1.54) is 0 Å². The number of hydrogen-bond donors (Lipinski definition) is 1. The predicted octanol–water partition coefficient (Wildman–Crippen LogP) is 5.10. The molecule has 0 spiro atoms. The summed E-state index contributed by atoms with van der Waals surface area (Å²) in [6.45, 7) is 0.764. The zero-order valence-electron chi connectivity index (χ0n) is 18.1. The van der Waals surface area contributed by atoms with Gasteiger partial charge in [-0.1, -0.05) is 103 Å². The molecule has 1 N–H and O–H groups in total. The van der Waals surface area contributed by atoms with Crippen molar-refractivity contribution in [2.75, 3.05) is 4.90 Å². The molecule has 1 amide bonds. The molecule has 0 bridgehead atoms. The Morgan fingerprint density at radius 2 is 1.18 bits per heavy atom. The number of amides is 1. The van der Waals surface area contributed by atoms with Crippen LogP contribution in [0.15, 0.2) is 115 Å². The van der Waals surface area contributed by atoms with Crippen molar-refractivity contribution < 1.29 is 9.59 Å². The highest BCUT2D eigenvalue weighted by Gasteiger charge is 2.53. The number of para-hydroxylation sites is 1. The topological polar surface area (TPSA) is 49.4 Å². The van der Waals surface area contributed by atoms with Gasteiger partial charge in [-0.3, -0.25) is 14.9 Å². The zero-order chi connectivity index (χ0) is 22.7. The molecule has 1 heterocycles. The van der Waals surface area contributed by atoms with Crippen LogP contribution in [0.5, 0.6) is 0 Å². The Balaban J connectivity index is 1.65. The highest BCUT2D eigenvalue weighted by molar-refractivity contribution is 6.28. The maximum Gasteiger partial charge on any atom is 0.260 e. The lowest BCUT2D eigenvalue weighted by Crippen LogP contribution is -2.63. The number of carbonyl (C=O) groups is 2. The Morgan fingerprint density at radius 3 is 1.85 bits per heavy atom. The second-order valence-electron chi connectivity index (χ2n) is 8.18. The number of anilines is 1. The van der Waals surface area contributed by atoms with E-state index in [0.29, 0.717) is 29.9 Å². The third kappa shape index (κ3) is 3.75. The number of ketones is 1. The molecule has 4 aromatic carbocycles. The van der Waals surface area contributed by atoms with Crippen LogP contribution in [0.1, 0.15) is 27.0 Å². The second-order valence-corrected chi connectivity index (χ2v) is 8.18. The second kappa shape index (κ2) is 8.85. The number of rotatable bonds is 6. The third-order valence-electron chi connectivity index (χ3n) is 6.14. The number of benzene rings is 4. The van der Waals surface area contributed by atoms with Gasteiger partial charge in [0.05, 0.1) is 12.2 Å². The number of nitrogens with zero attached hydrogens (tertiary/aromatic N) is 1. The van der Waals surface area contributed by atoms with Gasteiger partial charge in [0.25, 0.3) is 5.91 Å². The summed E-state index contributed by atoms with van der Waals surface area (Å²) >= 11 is 0. The molecule has 1 aliphatic heterocycles. The van der Waals surface area contributed by atoms with Crippen molar-refractivity contribution in [2.45, 2.75) is 18.6 Å². The van der Waals surface area contributed by atoms with Crippen LogP contribution in [0, 0.1) is 0 Å². The number of nitrogens with one attached hydrogen (secondary N) is 1. The van der Waals surface area contributed by atoms with Gasteiger partial charge in [-0.05, 0) is 28.8 Å². The molecular weight excluding hydrogens is 408 g/mol. The minimum absolute atomic E-state index is 0.227. The van der Waals surface area contributed by atoms with Crippen LogP contribution < -0.4 is 10.2 Å². The molecule has 0 saturated carbocycles. The Morgan fingerprint density at radius 1 is 0.636 bits per heavy atom. The number of hydrogen-bond acceptors (Lipinski definition) is 3. The van der Waals surface area contributed by atoms with E-state index in [4.69, 9.17) is 0 Å². The number of fused-ring (bicyclic) bond motifs is 1. The highest BCUT2D eigenvalue weighted by Crippen LogP contribution is 2.39. The van der Waals surface area contributed by atoms with E-state index in [0.717, 1.165) is 11.1 Å². The van der Waals surface area contributed by atoms with E-state index in [9.17, 15) is 9.59 Å². The first-order valence-electron chi connectivity index (χ1n) is 11.0. The quantitative estimate of drug-likeness (QED) is 0.431. The van der Waals surface area contributed by atoms with Crippen molar-refractivity contribution in [3.05, 3.63) is 138 Å². The Bertz CT molecular complexity index is 1270.